The molecule has 1 amide bonds. The highest BCUT2D eigenvalue weighted by Gasteiger charge is 2.42. The average Bonchev–Trinajstić information content (AvgIpc) is 2.85. The number of carboxylic acids is 1. The van der Waals surface area contributed by atoms with Crippen LogP contribution in [0.2, 0.25) is 5.15 Å². The number of rotatable bonds is 2. The van der Waals surface area contributed by atoms with Crippen molar-refractivity contribution < 1.29 is 14.7 Å². The Bertz CT molecular complexity index is 476. The topological polar surface area (TPSA) is 70.5 Å². The molecule has 1 fully saturated rings. The van der Waals surface area contributed by atoms with Crippen molar-refractivity contribution in [1.29, 1.82) is 0 Å². The molecule has 1 aliphatic rings. The van der Waals surface area contributed by atoms with Gasteiger partial charge in [-0.1, -0.05) is 11.6 Å². The summed E-state index contributed by atoms with van der Waals surface area (Å²) in [6.07, 6.45) is 0.463. The van der Waals surface area contributed by atoms with E-state index in [1.54, 1.807) is 6.92 Å². The molecule has 92 valence electrons. The Morgan fingerprint density at radius 2 is 2.35 bits per heavy atom. The van der Waals surface area contributed by atoms with Gasteiger partial charge in [0.15, 0.2) is 5.15 Å². The van der Waals surface area contributed by atoms with Gasteiger partial charge in [0.1, 0.15) is 4.88 Å². The van der Waals surface area contributed by atoms with Gasteiger partial charge in [0.25, 0.3) is 5.91 Å². The van der Waals surface area contributed by atoms with Gasteiger partial charge in [-0.25, -0.2) is 4.98 Å². The van der Waals surface area contributed by atoms with Gasteiger partial charge >= 0.3 is 5.97 Å². The fourth-order valence-corrected chi connectivity index (χ4v) is 2.79. The molecule has 1 aliphatic heterocycles. The van der Waals surface area contributed by atoms with Crippen LogP contribution in [0.1, 0.15) is 23.0 Å². The molecule has 0 bridgehead atoms. The van der Waals surface area contributed by atoms with Crippen LogP contribution in [-0.4, -0.2) is 40.0 Å². The van der Waals surface area contributed by atoms with E-state index >= 15 is 0 Å². The minimum absolute atomic E-state index is 0.184. The first-order valence-electron chi connectivity index (χ1n) is 5.06. The monoisotopic (exact) mass is 274 g/mol. The maximum atomic E-state index is 12.1. The van der Waals surface area contributed by atoms with Crippen molar-refractivity contribution in [1.82, 2.24) is 9.88 Å². The summed E-state index contributed by atoms with van der Waals surface area (Å²) in [5.41, 5.74) is 0.648. The molecular weight excluding hydrogens is 264 g/mol. The van der Waals surface area contributed by atoms with Crippen molar-refractivity contribution in [3.63, 3.8) is 0 Å². The molecule has 0 radical (unpaired) electrons. The summed E-state index contributed by atoms with van der Waals surface area (Å²) in [6.45, 7) is 2.31. The lowest BCUT2D eigenvalue weighted by atomic mass is 9.90. The summed E-state index contributed by atoms with van der Waals surface area (Å²) in [5, 5.41) is 9.27. The number of hydrogen-bond acceptors (Lipinski definition) is 4. The molecule has 1 aromatic heterocycles. The molecule has 1 aromatic rings. The third-order valence-electron chi connectivity index (χ3n) is 3.00. The van der Waals surface area contributed by atoms with Gasteiger partial charge in [0, 0.05) is 13.1 Å². The largest absolute Gasteiger partial charge is 0.481 e. The van der Waals surface area contributed by atoms with Crippen LogP contribution in [0.25, 0.3) is 0 Å². The molecule has 0 unspecified atom stereocenters. The van der Waals surface area contributed by atoms with Crippen LogP contribution < -0.4 is 0 Å². The van der Waals surface area contributed by atoms with Gasteiger partial charge < -0.3 is 10.0 Å². The number of carbonyl (C=O) groups excluding carboxylic acids is 1. The Kier molecular flexibility index (Phi) is 3.09. The molecule has 5 nitrogen and oxygen atoms in total. The van der Waals surface area contributed by atoms with Crippen molar-refractivity contribution in [2.24, 2.45) is 5.41 Å². The SMILES string of the molecule is C[C@]1(C(=O)O)CCN(C(=O)c2scnc2Cl)C1. The smallest absolute Gasteiger partial charge is 0.311 e. The first kappa shape index (κ1) is 12.3. The summed E-state index contributed by atoms with van der Waals surface area (Å²) >= 11 is 6.95. The van der Waals surface area contributed by atoms with Crippen molar-refractivity contribution in [3.8, 4) is 0 Å². The van der Waals surface area contributed by atoms with Gasteiger partial charge in [0.2, 0.25) is 0 Å². The van der Waals surface area contributed by atoms with Gasteiger partial charge in [-0.15, -0.1) is 11.3 Å². The predicted octanol–water partition coefficient (Wildman–Crippen LogP) is 1.73. The molecule has 0 saturated carbocycles. The number of amides is 1. The third kappa shape index (κ3) is 2.14. The van der Waals surface area contributed by atoms with Gasteiger partial charge in [-0.05, 0) is 13.3 Å². The van der Waals surface area contributed by atoms with E-state index in [2.05, 4.69) is 4.98 Å². The highest BCUT2D eigenvalue weighted by Crippen LogP contribution is 2.32. The van der Waals surface area contributed by atoms with E-state index in [0.29, 0.717) is 17.8 Å². The van der Waals surface area contributed by atoms with Gasteiger partial charge in [0.05, 0.1) is 10.9 Å². The molecular formula is C10H11ClN2O3S. The highest BCUT2D eigenvalue weighted by atomic mass is 35.5. The molecule has 7 heteroatoms. The number of aliphatic carboxylic acids is 1. The van der Waals surface area contributed by atoms with E-state index < -0.39 is 11.4 Å². The predicted molar refractivity (Wildman–Crippen MR) is 63.4 cm³/mol. The Balaban J connectivity index is 2.15. The van der Waals surface area contributed by atoms with Crippen molar-refractivity contribution in [3.05, 3.63) is 15.5 Å². The first-order chi connectivity index (χ1) is 7.94. The molecule has 0 aromatic carbocycles. The number of nitrogens with zero attached hydrogens (tertiary/aromatic N) is 2. The van der Waals surface area contributed by atoms with Crippen LogP contribution in [0, 0.1) is 5.41 Å². The quantitative estimate of drug-likeness (QED) is 0.892. The van der Waals surface area contributed by atoms with E-state index in [4.69, 9.17) is 16.7 Å². The lowest BCUT2D eigenvalue weighted by Crippen LogP contribution is -2.34. The minimum Gasteiger partial charge on any atom is -0.481 e. The van der Waals surface area contributed by atoms with Crippen LogP contribution >= 0.6 is 22.9 Å². The summed E-state index contributed by atoms with van der Waals surface area (Å²) in [4.78, 5) is 28.8. The Hall–Kier alpha value is -1.14. The Labute approximate surface area is 107 Å². The zero-order valence-corrected chi connectivity index (χ0v) is 10.7. The fourth-order valence-electron chi connectivity index (χ4n) is 1.82. The van der Waals surface area contributed by atoms with E-state index in [0.717, 1.165) is 0 Å². The maximum Gasteiger partial charge on any atom is 0.311 e. The van der Waals surface area contributed by atoms with E-state index in [1.807, 2.05) is 0 Å². The molecule has 2 heterocycles. The number of halogens is 1. The zero-order chi connectivity index (χ0) is 12.6. The lowest BCUT2D eigenvalue weighted by Gasteiger charge is -2.19. The van der Waals surface area contributed by atoms with Crippen LogP contribution in [0.15, 0.2) is 5.51 Å². The van der Waals surface area contributed by atoms with Gasteiger partial charge in [-0.2, -0.15) is 0 Å². The molecule has 1 saturated heterocycles. The molecule has 0 aliphatic carbocycles. The van der Waals surface area contributed by atoms with Crippen molar-refractivity contribution >= 4 is 34.8 Å². The van der Waals surface area contributed by atoms with E-state index in [9.17, 15) is 9.59 Å². The second-order valence-electron chi connectivity index (χ2n) is 4.31. The summed E-state index contributed by atoms with van der Waals surface area (Å²) < 4.78 is 0. The molecule has 1 atom stereocenters. The summed E-state index contributed by atoms with van der Waals surface area (Å²) in [7, 11) is 0. The third-order valence-corrected chi connectivity index (χ3v) is 4.21. The number of aromatic nitrogens is 1. The number of carbonyl (C=O) groups is 2. The van der Waals surface area contributed by atoms with Crippen LogP contribution in [-0.2, 0) is 4.79 Å². The highest BCUT2D eigenvalue weighted by molar-refractivity contribution is 7.12. The standard InChI is InChI=1S/C10H11ClN2O3S/c1-10(9(15)16)2-3-13(4-10)8(14)6-7(11)12-5-17-6/h5H,2-4H2,1H3,(H,15,16)/t10-/m0/s1. The van der Waals surface area contributed by atoms with Crippen molar-refractivity contribution in [2.45, 2.75) is 13.3 Å². The normalized spacial score (nSPS) is 24.0. The zero-order valence-electron chi connectivity index (χ0n) is 9.14. The number of hydrogen-bond donors (Lipinski definition) is 1. The van der Waals surface area contributed by atoms with Crippen LogP contribution in [0.5, 0.6) is 0 Å². The minimum atomic E-state index is -0.872. The van der Waals surface area contributed by atoms with Crippen molar-refractivity contribution in [2.75, 3.05) is 13.1 Å². The first-order valence-corrected chi connectivity index (χ1v) is 6.31. The second-order valence-corrected chi connectivity index (χ2v) is 5.53. The number of thiazole rings is 1. The molecule has 0 spiro atoms. The van der Waals surface area contributed by atoms with Crippen LogP contribution in [0.3, 0.4) is 0 Å². The van der Waals surface area contributed by atoms with Gasteiger partial charge in [-0.3, -0.25) is 9.59 Å². The molecule has 17 heavy (non-hydrogen) atoms. The number of likely N-dealkylation sites (tertiary alicyclic amines) is 1. The number of carboxylic acid groups (broad SMARTS) is 1. The maximum absolute atomic E-state index is 12.1. The Morgan fingerprint density at radius 1 is 1.65 bits per heavy atom. The fraction of sp³-hybridized carbons (Fsp3) is 0.500. The lowest BCUT2D eigenvalue weighted by molar-refractivity contribution is -0.147. The molecule has 2 rings (SSSR count). The Morgan fingerprint density at radius 3 is 2.82 bits per heavy atom. The average molecular weight is 275 g/mol. The molecule has 1 N–H and O–H groups in total. The van der Waals surface area contributed by atoms with E-state index in [1.165, 1.54) is 21.7 Å². The van der Waals surface area contributed by atoms with E-state index in [-0.39, 0.29) is 17.6 Å². The summed E-state index contributed by atoms with van der Waals surface area (Å²) in [5.74, 6) is -1.11. The second kappa shape index (κ2) is 4.27. The van der Waals surface area contributed by atoms with Crippen LogP contribution in [0.4, 0.5) is 0 Å². The summed E-state index contributed by atoms with van der Waals surface area (Å²) in [6, 6.07) is 0.